The first-order valence-electron chi connectivity index (χ1n) is 3.44. The molecule has 0 bridgehead atoms. The molecule has 0 N–H and O–H groups in total. The molecule has 1 nitrogen and oxygen atoms in total. The van der Waals surface area contributed by atoms with Crippen LogP contribution in [0.1, 0.15) is 0 Å². The van der Waals surface area contributed by atoms with Crippen LogP contribution >= 0.6 is 11.3 Å². The predicted octanol–water partition coefficient (Wildman–Crippen LogP) is 2.40. The van der Waals surface area contributed by atoms with Gasteiger partial charge in [0.2, 0.25) is 0 Å². The van der Waals surface area contributed by atoms with E-state index in [0.717, 1.165) is 4.70 Å². The van der Waals surface area contributed by atoms with Crippen LogP contribution in [0.4, 0.5) is 4.39 Å². The third kappa shape index (κ3) is 1.12. The maximum Gasteiger partial charge on any atom is 0.188 e. The van der Waals surface area contributed by atoms with E-state index < -0.39 is 0 Å². The molecule has 1 aromatic heterocycles. The molecular weight excluding hydrogens is 175 g/mol. The van der Waals surface area contributed by atoms with Crippen LogP contribution in [-0.2, 0) is 0 Å². The smallest absolute Gasteiger partial charge is 0.188 e. The van der Waals surface area contributed by atoms with Gasteiger partial charge in [-0.15, -0.1) is 11.3 Å². The molecule has 0 atom stereocenters. The molecule has 0 aliphatic rings. The second-order valence-electron chi connectivity index (χ2n) is 2.43. The minimum absolute atomic E-state index is 0.122. The minimum atomic E-state index is -0.363. The molecule has 0 spiro atoms. The van der Waals surface area contributed by atoms with Crippen LogP contribution < -0.4 is 5.43 Å². The predicted molar refractivity (Wildman–Crippen MR) is 48.1 cm³/mol. The summed E-state index contributed by atoms with van der Waals surface area (Å²) in [4.78, 5) is 11.2. The van der Waals surface area contributed by atoms with Crippen LogP contribution in [0.3, 0.4) is 0 Å². The molecule has 0 saturated heterocycles. The van der Waals surface area contributed by atoms with Crippen LogP contribution in [0.5, 0.6) is 0 Å². The average Bonchev–Trinajstić information content (AvgIpc) is 2.07. The number of benzene rings is 1. The SMILES string of the molecule is O=c1ccsc2ccc(F)cc12. The quantitative estimate of drug-likeness (QED) is 0.608. The molecule has 2 aromatic rings. The highest BCUT2D eigenvalue weighted by atomic mass is 32.1. The fourth-order valence-electron chi connectivity index (χ4n) is 1.06. The van der Waals surface area contributed by atoms with E-state index in [-0.39, 0.29) is 11.2 Å². The normalized spacial score (nSPS) is 10.4. The lowest BCUT2D eigenvalue weighted by molar-refractivity contribution is 0.630. The van der Waals surface area contributed by atoms with Gasteiger partial charge in [0.1, 0.15) is 5.82 Å². The summed E-state index contributed by atoms with van der Waals surface area (Å²) >= 11 is 1.43. The van der Waals surface area contributed by atoms with Crippen molar-refractivity contribution < 1.29 is 4.39 Å². The summed E-state index contributed by atoms with van der Waals surface area (Å²) in [7, 11) is 0. The molecule has 12 heavy (non-hydrogen) atoms. The second-order valence-corrected chi connectivity index (χ2v) is 3.37. The van der Waals surface area contributed by atoms with Crippen LogP contribution in [0, 0.1) is 5.82 Å². The van der Waals surface area contributed by atoms with Crippen molar-refractivity contribution in [3.05, 3.63) is 45.7 Å². The number of hydrogen-bond acceptors (Lipinski definition) is 2. The Morgan fingerprint density at radius 1 is 1.25 bits per heavy atom. The summed E-state index contributed by atoms with van der Waals surface area (Å²) in [6.45, 7) is 0. The molecule has 3 heteroatoms. The van der Waals surface area contributed by atoms with E-state index in [1.807, 2.05) is 0 Å². The molecule has 0 saturated carbocycles. The van der Waals surface area contributed by atoms with Gasteiger partial charge in [-0.2, -0.15) is 0 Å². The molecule has 0 aliphatic carbocycles. The fourth-order valence-corrected chi connectivity index (χ4v) is 1.83. The van der Waals surface area contributed by atoms with Gasteiger partial charge in [0, 0.05) is 10.1 Å². The van der Waals surface area contributed by atoms with Crippen LogP contribution in [0.2, 0.25) is 0 Å². The van der Waals surface area contributed by atoms with E-state index in [0.29, 0.717) is 5.39 Å². The highest BCUT2D eigenvalue weighted by molar-refractivity contribution is 7.16. The summed E-state index contributed by atoms with van der Waals surface area (Å²) in [5.74, 6) is -0.363. The van der Waals surface area contributed by atoms with Crippen molar-refractivity contribution >= 4 is 21.4 Å². The molecule has 0 aliphatic heterocycles. The zero-order chi connectivity index (χ0) is 8.55. The van der Waals surface area contributed by atoms with E-state index in [2.05, 4.69) is 0 Å². The largest absolute Gasteiger partial charge is 0.289 e. The number of halogens is 1. The highest BCUT2D eigenvalue weighted by Crippen LogP contribution is 2.15. The monoisotopic (exact) mass is 180 g/mol. The first kappa shape index (κ1) is 7.43. The van der Waals surface area contributed by atoms with Crippen molar-refractivity contribution in [1.82, 2.24) is 0 Å². The Kier molecular flexibility index (Phi) is 1.66. The summed E-state index contributed by atoms with van der Waals surface area (Å²) in [6.07, 6.45) is 0. The molecule has 1 heterocycles. The van der Waals surface area contributed by atoms with Gasteiger partial charge in [-0.1, -0.05) is 0 Å². The third-order valence-corrected chi connectivity index (χ3v) is 2.50. The molecule has 0 unspecified atom stereocenters. The van der Waals surface area contributed by atoms with Gasteiger partial charge in [0.15, 0.2) is 5.43 Å². The Labute approximate surface area is 72.1 Å². The Morgan fingerprint density at radius 3 is 2.92 bits per heavy atom. The molecule has 0 fully saturated rings. The topological polar surface area (TPSA) is 17.1 Å². The van der Waals surface area contributed by atoms with Crippen molar-refractivity contribution in [3.63, 3.8) is 0 Å². The Hall–Kier alpha value is -1.22. The van der Waals surface area contributed by atoms with Crippen LogP contribution in [0.15, 0.2) is 34.4 Å². The number of rotatable bonds is 0. The van der Waals surface area contributed by atoms with Crippen molar-refractivity contribution in [2.45, 2.75) is 0 Å². The zero-order valence-corrected chi connectivity index (χ0v) is 6.90. The number of hydrogen-bond donors (Lipinski definition) is 0. The summed E-state index contributed by atoms with van der Waals surface area (Å²) in [5.41, 5.74) is -0.122. The van der Waals surface area contributed by atoms with E-state index in [1.54, 1.807) is 11.4 Å². The van der Waals surface area contributed by atoms with Gasteiger partial charge in [0.25, 0.3) is 0 Å². The fraction of sp³-hybridized carbons (Fsp3) is 0. The van der Waals surface area contributed by atoms with Gasteiger partial charge < -0.3 is 0 Å². The molecule has 2 rings (SSSR count). The first-order chi connectivity index (χ1) is 5.77. The van der Waals surface area contributed by atoms with Crippen LogP contribution in [0.25, 0.3) is 10.1 Å². The first-order valence-corrected chi connectivity index (χ1v) is 4.32. The van der Waals surface area contributed by atoms with Crippen molar-refractivity contribution in [3.8, 4) is 0 Å². The minimum Gasteiger partial charge on any atom is -0.289 e. The lowest BCUT2D eigenvalue weighted by Crippen LogP contribution is -1.96. The standard InChI is InChI=1S/C9H5FOS/c10-6-1-2-9-7(5-6)8(11)3-4-12-9/h1-5H. The second kappa shape index (κ2) is 2.68. The van der Waals surface area contributed by atoms with E-state index in [4.69, 9.17) is 0 Å². The lowest BCUT2D eigenvalue weighted by atomic mass is 10.2. The van der Waals surface area contributed by atoms with Gasteiger partial charge in [0.05, 0.1) is 0 Å². The molecule has 60 valence electrons. The third-order valence-electron chi connectivity index (χ3n) is 1.62. The van der Waals surface area contributed by atoms with E-state index in [1.165, 1.54) is 29.5 Å². The van der Waals surface area contributed by atoms with Gasteiger partial charge in [-0.25, -0.2) is 4.39 Å². The van der Waals surface area contributed by atoms with Crippen LogP contribution in [-0.4, -0.2) is 0 Å². The van der Waals surface area contributed by atoms with E-state index in [9.17, 15) is 9.18 Å². The highest BCUT2D eigenvalue weighted by Gasteiger charge is 1.98. The lowest BCUT2D eigenvalue weighted by Gasteiger charge is -1.93. The maximum atomic E-state index is 12.7. The summed E-state index contributed by atoms with van der Waals surface area (Å²) in [5, 5.41) is 2.17. The van der Waals surface area contributed by atoms with Crippen molar-refractivity contribution in [2.24, 2.45) is 0 Å². The Balaban J connectivity index is 2.98. The molecule has 0 radical (unpaired) electrons. The molecular formula is C9H5FOS. The summed E-state index contributed by atoms with van der Waals surface area (Å²) < 4.78 is 13.5. The van der Waals surface area contributed by atoms with Gasteiger partial charge in [-0.05, 0) is 29.6 Å². The Bertz CT molecular complexity index is 475. The molecule has 1 aromatic carbocycles. The van der Waals surface area contributed by atoms with Gasteiger partial charge in [-0.3, -0.25) is 4.79 Å². The molecule has 0 amide bonds. The van der Waals surface area contributed by atoms with Crippen molar-refractivity contribution in [2.75, 3.05) is 0 Å². The van der Waals surface area contributed by atoms with E-state index >= 15 is 0 Å². The average molecular weight is 180 g/mol. The van der Waals surface area contributed by atoms with Crippen molar-refractivity contribution in [1.29, 1.82) is 0 Å². The maximum absolute atomic E-state index is 12.7. The summed E-state index contributed by atoms with van der Waals surface area (Å²) in [6, 6.07) is 5.70. The Morgan fingerprint density at radius 2 is 2.08 bits per heavy atom. The van der Waals surface area contributed by atoms with Gasteiger partial charge >= 0.3 is 0 Å². The number of fused-ring (bicyclic) bond motifs is 1. The zero-order valence-electron chi connectivity index (χ0n) is 6.08.